The summed E-state index contributed by atoms with van der Waals surface area (Å²) in [6.07, 6.45) is 8.30. The van der Waals surface area contributed by atoms with Gasteiger partial charge in [0.2, 0.25) is 5.91 Å². The summed E-state index contributed by atoms with van der Waals surface area (Å²) in [5, 5.41) is 4.55. The molecule has 72 valence electrons. The van der Waals surface area contributed by atoms with E-state index in [0.29, 0.717) is 0 Å². The van der Waals surface area contributed by atoms with E-state index in [0.717, 1.165) is 4.88 Å². The molecule has 1 N–H and O–H groups in total. The highest BCUT2D eigenvalue weighted by Crippen LogP contribution is 2.16. The van der Waals surface area contributed by atoms with Gasteiger partial charge in [0.05, 0.1) is 6.54 Å². The maximum atomic E-state index is 11.1. The smallest absolute Gasteiger partial charge is 0.244 e. The lowest BCUT2D eigenvalue weighted by atomic mass is 10.3. The Morgan fingerprint density at radius 3 is 3.14 bits per heavy atom. The molecule has 0 spiro atoms. The summed E-state index contributed by atoms with van der Waals surface area (Å²) in [6, 6.07) is 2.02. The van der Waals surface area contributed by atoms with Crippen LogP contribution < -0.4 is 5.32 Å². The molecule has 0 aliphatic rings. The monoisotopic (exact) mass is 205 g/mol. The van der Waals surface area contributed by atoms with Crippen LogP contribution in [0.15, 0.2) is 17.5 Å². The van der Waals surface area contributed by atoms with Crippen LogP contribution in [0.3, 0.4) is 0 Å². The molecule has 0 atom stereocenters. The van der Waals surface area contributed by atoms with Crippen LogP contribution in [0.5, 0.6) is 0 Å². The van der Waals surface area contributed by atoms with Gasteiger partial charge in [-0.05, 0) is 30.0 Å². The van der Waals surface area contributed by atoms with Crippen molar-refractivity contribution in [3.05, 3.63) is 28.0 Å². The van der Waals surface area contributed by atoms with Gasteiger partial charge >= 0.3 is 0 Å². The van der Waals surface area contributed by atoms with E-state index in [-0.39, 0.29) is 12.5 Å². The first-order valence-electron chi connectivity index (χ1n) is 4.17. The van der Waals surface area contributed by atoms with Gasteiger partial charge in [0.1, 0.15) is 0 Å². The second-order valence-corrected chi connectivity index (χ2v) is 3.67. The zero-order valence-electron chi connectivity index (χ0n) is 7.91. The maximum Gasteiger partial charge on any atom is 0.244 e. The highest BCUT2D eigenvalue weighted by molar-refractivity contribution is 7.11. The van der Waals surface area contributed by atoms with E-state index in [9.17, 15) is 4.79 Å². The van der Waals surface area contributed by atoms with Crippen molar-refractivity contribution in [3.8, 4) is 12.3 Å². The Morgan fingerprint density at radius 1 is 1.79 bits per heavy atom. The van der Waals surface area contributed by atoms with Gasteiger partial charge in [-0.25, -0.2) is 0 Å². The summed E-state index contributed by atoms with van der Waals surface area (Å²) in [4.78, 5) is 12.2. The quantitative estimate of drug-likeness (QED) is 0.592. The van der Waals surface area contributed by atoms with Gasteiger partial charge in [-0.1, -0.05) is 5.92 Å². The number of hydrogen-bond acceptors (Lipinski definition) is 2. The standard InChI is InChI=1S/C11H11NOS/c1-3-7-12-11(13)5-4-10-9(2)6-8-14-10/h1,4-6,8H,7H2,2H3,(H,12,13). The Balaban J connectivity index is 2.53. The maximum absolute atomic E-state index is 11.1. The van der Waals surface area contributed by atoms with E-state index in [4.69, 9.17) is 6.42 Å². The first-order valence-corrected chi connectivity index (χ1v) is 5.05. The second-order valence-electron chi connectivity index (χ2n) is 2.72. The number of amides is 1. The number of carbonyl (C=O) groups excluding carboxylic acids is 1. The van der Waals surface area contributed by atoms with Crippen LogP contribution in [0.1, 0.15) is 10.4 Å². The molecule has 0 aromatic carbocycles. The molecule has 0 aliphatic heterocycles. The number of thiophene rings is 1. The minimum absolute atomic E-state index is 0.157. The molecule has 1 heterocycles. The predicted octanol–water partition coefficient (Wildman–Crippen LogP) is 1.82. The first-order chi connectivity index (χ1) is 6.74. The summed E-state index contributed by atoms with van der Waals surface area (Å²) in [7, 11) is 0. The van der Waals surface area contributed by atoms with Crippen LogP contribution in [0.25, 0.3) is 6.08 Å². The van der Waals surface area contributed by atoms with Crippen molar-refractivity contribution < 1.29 is 4.79 Å². The molecule has 1 aromatic rings. The molecular weight excluding hydrogens is 194 g/mol. The lowest BCUT2D eigenvalue weighted by Crippen LogP contribution is -2.20. The molecule has 0 saturated carbocycles. The highest BCUT2D eigenvalue weighted by atomic mass is 32.1. The van der Waals surface area contributed by atoms with Crippen molar-refractivity contribution in [1.29, 1.82) is 0 Å². The van der Waals surface area contributed by atoms with Gasteiger partial charge < -0.3 is 5.32 Å². The van der Waals surface area contributed by atoms with E-state index >= 15 is 0 Å². The van der Waals surface area contributed by atoms with E-state index in [2.05, 4.69) is 11.2 Å². The Hall–Kier alpha value is -1.53. The molecule has 1 rings (SSSR count). The Morgan fingerprint density at radius 2 is 2.57 bits per heavy atom. The molecule has 3 heteroatoms. The molecule has 0 radical (unpaired) electrons. The molecule has 14 heavy (non-hydrogen) atoms. The normalized spacial score (nSPS) is 10.0. The summed E-state index contributed by atoms with van der Waals surface area (Å²) < 4.78 is 0. The first kappa shape index (κ1) is 10.6. The van der Waals surface area contributed by atoms with Gasteiger partial charge in [-0.15, -0.1) is 17.8 Å². The topological polar surface area (TPSA) is 29.1 Å². The van der Waals surface area contributed by atoms with Gasteiger partial charge in [0, 0.05) is 11.0 Å². The Kier molecular flexibility index (Phi) is 3.96. The second kappa shape index (κ2) is 5.25. The van der Waals surface area contributed by atoms with Gasteiger partial charge in [-0.2, -0.15) is 0 Å². The molecule has 0 aliphatic carbocycles. The predicted molar refractivity (Wildman–Crippen MR) is 59.9 cm³/mol. The number of carbonyl (C=O) groups is 1. The third kappa shape index (κ3) is 3.08. The van der Waals surface area contributed by atoms with Crippen LogP contribution in [-0.2, 0) is 4.79 Å². The van der Waals surface area contributed by atoms with Gasteiger partial charge in [0.25, 0.3) is 0 Å². The minimum Gasteiger partial charge on any atom is -0.342 e. The van der Waals surface area contributed by atoms with Gasteiger partial charge in [-0.3, -0.25) is 4.79 Å². The van der Waals surface area contributed by atoms with Crippen molar-refractivity contribution in [2.75, 3.05) is 6.54 Å². The Labute approximate surface area is 87.6 Å². The SMILES string of the molecule is C#CCNC(=O)C=Cc1sccc1C. The van der Waals surface area contributed by atoms with Crippen LogP contribution >= 0.6 is 11.3 Å². The molecule has 1 aromatic heterocycles. The molecule has 0 unspecified atom stereocenters. The fourth-order valence-electron chi connectivity index (χ4n) is 0.904. The van der Waals surface area contributed by atoms with Crippen LogP contribution in [-0.4, -0.2) is 12.5 Å². The molecule has 0 bridgehead atoms. The number of hydrogen-bond donors (Lipinski definition) is 1. The fourth-order valence-corrected chi connectivity index (χ4v) is 1.72. The van der Waals surface area contributed by atoms with E-state index in [1.165, 1.54) is 11.6 Å². The van der Waals surface area contributed by atoms with Crippen molar-refractivity contribution in [2.24, 2.45) is 0 Å². The lowest BCUT2D eigenvalue weighted by molar-refractivity contribution is -0.116. The fraction of sp³-hybridized carbons (Fsp3) is 0.182. The van der Waals surface area contributed by atoms with Crippen LogP contribution in [0, 0.1) is 19.3 Å². The van der Waals surface area contributed by atoms with E-state index in [1.807, 2.05) is 18.4 Å². The lowest BCUT2D eigenvalue weighted by Gasteiger charge is -1.93. The van der Waals surface area contributed by atoms with Gasteiger partial charge in [0.15, 0.2) is 0 Å². The average Bonchev–Trinajstić information content (AvgIpc) is 2.58. The summed E-state index contributed by atoms with van der Waals surface area (Å²) in [5.41, 5.74) is 1.18. The number of aryl methyl sites for hydroxylation is 1. The molecular formula is C11H11NOS. The van der Waals surface area contributed by atoms with E-state index in [1.54, 1.807) is 17.4 Å². The van der Waals surface area contributed by atoms with E-state index < -0.39 is 0 Å². The summed E-state index contributed by atoms with van der Waals surface area (Å²) in [5.74, 6) is 2.18. The van der Waals surface area contributed by atoms with Crippen LogP contribution in [0.2, 0.25) is 0 Å². The largest absolute Gasteiger partial charge is 0.342 e. The third-order valence-electron chi connectivity index (χ3n) is 1.65. The van der Waals surface area contributed by atoms with Crippen molar-refractivity contribution in [2.45, 2.75) is 6.92 Å². The molecule has 0 saturated heterocycles. The molecule has 2 nitrogen and oxygen atoms in total. The van der Waals surface area contributed by atoms with Crippen LogP contribution in [0.4, 0.5) is 0 Å². The third-order valence-corrected chi connectivity index (χ3v) is 2.64. The number of terminal acetylenes is 1. The molecule has 1 amide bonds. The van der Waals surface area contributed by atoms with Crippen molar-refractivity contribution in [3.63, 3.8) is 0 Å². The Bertz CT molecular complexity index is 384. The average molecular weight is 205 g/mol. The zero-order chi connectivity index (χ0) is 10.4. The minimum atomic E-state index is -0.157. The van der Waals surface area contributed by atoms with Crippen molar-refractivity contribution >= 4 is 23.3 Å². The highest BCUT2D eigenvalue weighted by Gasteiger charge is 1.96. The number of nitrogens with one attached hydrogen (secondary N) is 1. The molecule has 0 fully saturated rings. The number of rotatable bonds is 3. The van der Waals surface area contributed by atoms with Crippen molar-refractivity contribution in [1.82, 2.24) is 5.32 Å². The zero-order valence-corrected chi connectivity index (χ0v) is 8.73. The summed E-state index contributed by atoms with van der Waals surface area (Å²) >= 11 is 1.61. The summed E-state index contributed by atoms with van der Waals surface area (Å²) in [6.45, 7) is 2.28.